The van der Waals surface area contributed by atoms with Gasteiger partial charge in [-0.3, -0.25) is 14.4 Å². The van der Waals surface area contributed by atoms with Crippen LogP contribution in [0, 0.1) is 5.82 Å². The number of rotatable bonds is 9. The van der Waals surface area contributed by atoms with Gasteiger partial charge in [-0.1, -0.05) is 48.0 Å². The SMILES string of the molecule is O=C(Nc1cccc(SCC(=O)c2ccc(F)cc2)c1)/C(=C/c1ccc(Cl)cc1)NC(=O)c1ccccc1. The Balaban J connectivity index is 1.48. The highest BCUT2D eigenvalue weighted by molar-refractivity contribution is 8.00. The molecular weight excluding hydrogens is 523 g/mol. The Morgan fingerprint density at radius 1 is 0.816 bits per heavy atom. The second-order valence-electron chi connectivity index (χ2n) is 8.13. The van der Waals surface area contributed by atoms with Crippen molar-refractivity contribution in [3.63, 3.8) is 0 Å². The van der Waals surface area contributed by atoms with E-state index >= 15 is 0 Å². The van der Waals surface area contributed by atoms with E-state index < -0.39 is 17.6 Å². The van der Waals surface area contributed by atoms with Gasteiger partial charge in [0.1, 0.15) is 11.5 Å². The van der Waals surface area contributed by atoms with E-state index in [1.54, 1.807) is 78.9 Å². The van der Waals surface area contributed by atoms with E-state index in [4.69, 9.17) is 11.6 Å². The lowest BCUT2D eigenvalue weighted by Gasteiger charge is -2.12. The van der Waals surface area contributed by atoms with Crippen molar-refractivity contribution >= 4 is 52.7 Å². The summed E-state index contributed by atoms with van der Waals surface area (Å²) >= 11 is 7.27. The third-order valence-electron chi connectivity index (χ3n) is 5.34. The van der Waals surface area contributed by atoms with Crippen molar-refractivity contribution in [3.8, 4) is 0 Å². The molecule has 0 aliphatic heterocycles. The fourth-order valence-electron chi connectivity index (χ4n) is 3.40. The first-order valence-electron chi connectivity index (χ1n) is 11.5. The minimum Gasteiger partial charge on any atom is -0.321 e. The van der Waals surface area contributed by atoms with Crippen LogP contribution in [0.5, 0.6) is 0 Å². The Morgan fingerprint density at radius 2 is 1.53 bits per heavy atom. The molecule has 8 heteroatoms. The van der Waals surface area contributed by atoms with Crippen LogP contribution in [0.2, 0.25) is 5.02 Å². The van der Waals surface area contributed by atoms with Crippen LogP contribution in [-0.2, 0) is 4.79 Å². The highest BCUT2D eigenvalue weighted by Gasteiger charge is 2.15. The molecule has 0 unspecified atom stereocenters. The van der Waals surface area contributed by atoms with Gasteiger partial charge in [-0.25, -0.2) is 4.39 Å². The van der Waals surface area contributed by atoms with Crippen molar-refractivity contribution in [1.82, 2.24) is 5.32 Å². The Hall–Kier alpha value is -4.20. The molecule has 4 aromatic rings. The molecule has 0 aliphatic rings. The van der Waals surface area contributed by atoms with Gasteiger partial charge in [0.05, 0.1) is 5.75 Å². The molecule has 190 valence electrons. The van der Waals surface area contributed by atoms with Gasteiger partial charge in [0.25, 0.3) is 11.8 Å². The Morgan fingerprint density at radius 3 is 2.24 bits per heavy atom. The highest BCUT2D eigenvalue weighted by atomic mass is 35.5. The quantitative estimate of drug-likeness (QED) is 0.137. The first kappa shape index (κ1) is 26.9. The molecule has 5 nitrogen and oxygen atoms in total. The van der Waals surface area contributed by atoms with Crippen LogP contribution >= 0.6 is 23.4 Å². The third kappa shape index (κ3) is 7.65. The Labute approximate surface area is 228 Å². The average Bonchev–Trinajstić information content (AvgIpc) is 2.93. The highest BCUT2D eigenvalue weighted by Crippen LogP contribution is 2.23. The molecule has 0 saturated carbocycles. The zero-order chi connectivity index (χ0) is 26.9. The molecule has 4 rings (SSSR count). The maximum Gasteiger partial charge on any atom is 0.272 e. The number of carbonyl (C=O) groups excluding carboxylic acids is 3. The number of anilines is 1. The van der Waals surface area contributed by atoms with Crippen LogP contribution in [0.25, 0.3) is 6.08 Å². The van der Waals surface area contributed by atoms with Crippen molar-refractivity contribution in [2.45, 2.75) is 4.90 Å². The van der Waals surface area contributed by atoms with Gasteiger partial charge in [0.2, 0.25) is 0 Å². The molecular formula is C30H22ClFN2O3S. The summed E-state index contributed by atoms with van der Waals surface area (Å²) < 4.78 is 13.1. The van der Waals surface area contributed by atoms with Crippen LogP contribution in [0.1, 0.15) is 26.3 Å². The zero-order valence-electron chi connectivity index (χ0n) is 20.0. The summed E-state index contributed by atoms with van der Waals surface area (Å²) in [5, 5.41) is 6.05. The number of benzene rings is 4. The van der Waals surface area contributed by atoms with Crippen LogP contribution in [0.15, 0.2) is 114 Å². The molecule has 0 heterocycles. The summed E-state index contributed by atoms with van der Waals surface area (Å²) in [7, 11) is 0. The van der Waals surface area contributed by atoms with Gasteiger partial charge >= 0.3 is 0 Å². The molecule has 0 radical (unpaired) electrons. The van der Waals surface area contributed by atoms with E-state index in [1.165, 1.54) is 36.0 Å². The number of amides is 2. The molecule has 0 fully saturated rings. The number of carbonyl (C=O) groups is 3. The van der Waals surface area contributed by atoms with E-state index in [2.05, 4.69) is 10.6 Å². The molecule has 4 aromatic carbocycles. The minimum absolute atomic E-state index is 0.0470. The standard InChI is InChI=1S/C30H22ClFN2O3S/c31-23-13-9-20(10-14-23)17-27(34-29(36)22-5-2-1-3-6-22)30(37)33-25-7-4-8-26(18-25)38-19-28(35)21-11-15-24(32)16-12-21/h1-18H,19H2,(H,33,37)(H,34,36)/b27-17-. The second-order valence-corrected chi connectivity index (χ2v) is 9.62. The fourth-order valence-corrected chi connectivity index (χ4v) is 4.37. The lowest BCUT2D eigenvalue weighted by Crippen LogP contribution is -2.30. The molecule has 0 atom stereocenters. The Kier molecular flexibility index (Phi) is 9.08. The first-order chi connectivity index (χ1) is 18.4. The van der Waals surface area contributed by atoms with E-state index in [9.17, 15) is 18.8 Å². The van der Waals surface area contributed by atoms with E-state index in [1.807, 2.05) is 6.07 Å². The normalized spacial score (nSPS) is 11.1. The smallest absolute Gasteiger partial charge is 0.272 e. The van der Waals surface area contributed by atoms with Gasteiger partial charge in [0.15, 0.2) is 5.78 Å². The summed E-state index contributed by atoms with van der Waals surface area (Å²) in [4.78, 5) is 39.2. The Bertz CT molecular complexity index is 1470. The van der Waals surface area contributed by atoms with Crippen molar-refractivity contribution in [1.29, 1.82) is 0 Å². The predicted octanol–water partition coefficient (Wildman–Crippen LogP) is 6.86. The summed E-state index contributed by atoms with van der Waals surface area (Å²) in [5.74, 6) is -1.33. The maximum absolute atomic E-state index is 13.2. The third-order valence-corrected chi connectivity index (χ3v) is 6.58. The van der Waals surface area contributed by atoms with Crippen molar-refractivity contribution < 1.29 is 18.8 Å². The molecule has 2 N–H and O–H groups in total. The van der Waals surface area contributed by atoms with Crippen LogP contribution < -0.4 is 10.6 Å². The van der Waals surface area contributed by atoms with Gasteiger partial charge in [-0.15, -0.1) is 11.8 Å². The van der Waals surface area contributed by atoms with Crippen LogP contribution in [-0.4, -0.2) is 23.4 Å². The monoisotopic (exact) mass is 544 g/mol. The summed E-state index contributed by atoms with van der Waals surface area (Å²) in [6.07, 6.45) is 1.56. The van der Waals surface area contributed by atoms with Crippen molar-refractivity contribution in [3.05, 3.63) is 136 Å². The predicted molar refractivity (Wildman–Crippen MR) is 150 cm³/mol. The van der Waals surface area contributed by atoms with Gasteiger partial charge in [0, 0.05) is 26.7 Å². The molecule has 0 spiro atoms. The number of Topliss-reactive ketones (excluding diaryl/α,β-unsaturated/α-hetero) is 1. The summed E-state index contributed by atoms with van der Waals surface area (Å²) in [5.41, 5.74) is 2.05. The van der Waals surface area contributed by atoms with E-state index in [-0.39, 0.29) is 17.2 Å². The topological polar surface area (TPSA) is 75.3 Å². The molecule has 0 saturated heterocycles. The maximum atomic E-state index is 13.2. The van der Waals surface area contributed by atoms with E-state index in [0.717, 1.165) is 4.90 Å². The molecule has 0 aromatic heterocycles. The lowest BCUT2D eigenvalue weighted by molar-refractivity contribution is -0.113. The lowest BCUT2D eigenvalue weighted by atomic mass is 10.1. The van der Waals surface area contributed by atoms with Crippen LogP contribution in [0.3, 0.4) is 0 Å². The van der Waals surface area contributed by atoms with E-state index in [0.29, 0.717) is 27.4 Å². The minimum atomic E-state index is -0.520. The van der Waals surface area contributed by atoms with Gasteiger partial charge in [-0.05, 0) is 78.4 Å². The number of halogens is 2. The number of thioether (sulfide) groups is 1. The van der Waals surface area contributed by atoms with Gasteiger partial charge < -0.3 is 10.6 Å². The molecule has 38 heavy (non-hydrogen) atoms. The second kappa shape index (κ2) is 12.9. The molecule has 0 aliphatic carbocycles. The van der Waals surface area contributed by atoms with Crippen LogP contribution in [0.4, 0.5) is 10.1 Å². The summed E-state index contributed by atoms with van der Waals surface area (Å²) in [6.45, 7) is 0. The first-order valence-corrected chi connectivity index (χ1v) is 12.9. The average molecular weight is 545 g/mol. The molecule has 2 amide bonds. The fraction of sp³-hybridized carbons (Fsp3) is 0.0333. The molecule has 0 bridgehead atoms. The largest absolute Gasteiger partial charge is 0.321 e. The van der Waals surface area contributed by atoms with Crippen molar-refractivity contribution in [2.75, 3.05) is 11.1 Å². The number of hydrogen-bond acceptors (Lipinski definition) is 4. The zero-order valence-corrected chi connectivity index (χ0v) is 21.6. The van der Waals surface area contributed by atoms with Crippen molar-refractivity contribution in [2.24, 2.45) is 0 Å². The number of hydrogen-bond donors (Lipinski definition) is 2. The summed E-state index contributed by atoms with van der Waals surface area (Å²) in [6, 6.07) is 27.9. The number of nitrogens with one attached hydrogen (secondary N) is 2. The number of ketones is 1. The van der Waals surface area contributed by atoms with Gasteiger partial charge in [-0.2, -0.15) is 0 Å².